The molecular weight excluding hydrogens is 364 g/mol. The van der Waals surface area contributed by atoms with E-state index in [0.29, 0.717) is 6.42 Å². The number of hydrogen-bond acceptors (Lipinski definition) is 4. The van der Waals surface area contributed by atoms with Gasteiger partial charge in [-0.25, -0.2) is 17.5 Å². The van der Waals surface area contributed by atoms with Gasteiger partial charge >= 0.3 is 5.97 Å². The molecule has 0 spiro atoms. The topological polar surface area (TPSA) is 86.7 Å². The molecule has 0 saturated heterocycles. The Balaban J connectivity index is 2.02. The van der Waals surface area contributed by atoms with Gasteiger partial charge in [0.25, 0.3) is 0 Å². The van der Waals surface area contributed by atoms with Gasteiger partial charge < -0.3 is 10.4 Å². The molecule has 1 aliphatic heterocycles. The molecule has 2 N–H and O–H groups in total. The molecule has 144 valence electrons. The second kappa shape index (κ2) is 6.65. The molecule has 1 atom stereocenters. The molecule has 0 fully saturated rings. The molecule has 2 aromatic rings. The van der Waals surface area contributed by atoms with E-state index < -0.39 is 16.0 Å². The number of benzene rings is 2. The van der Waals surface area contributed by atoms with Crippen LogP contribution in [0.4, 0.5) is 5.69 Å². The predicted octanol–water partition coefficient (Wildman–Crippen LogP) is 3.37. The molecule has 7 heteroatoms. The first-order valence-corrected chi connectivity index (χ1v) is 10.1. The number of nitrogens with one attached hydrogen (secondary N) is 1. The van der Waals surface area contributed by atoms with E-state index in [2.05, 4.69) is 19.2 Å². The minimum absolute atomic E-state index is 0.0991. The summed E-state index contributed by atoms with van der Waals surface area (Å²) in [7, 11) is -0.481. The number of rotatable bonds is 4. The van der Waals surface area contributed by atoms with Gasteiger partial charge in [-0.2, -0.15) is 0 Å². The summed E-state index contributed by atoms with van der Waals surface area (Å²) in [6, 6.07) is 12.0. The highest BCUT2D eigenvalue weighted by Crippen LogP contribution is 2.45. The molecule has 6 nitrogen and oxygen atoms in total. The highest BCUT2D eigenvalue weighted by Gasteiger charge is 2.36. The van der Waals surface area contributed by atoms with Crippen molar-refractivity contribution in [2.45, 2.75) is 31.2 Å². The maximum Gasteiger partial charge on any atom is 0.335 e. The van der Waals surface area contributed by atoms with Crippen molar-refractivity contribution in [3.8, 4) is 0 Å². The normalized spacial score (nSPS) is 18.6. The Morgan fingerprint density at radius 3 is 2.52 bits per heavy atom. The minimum Gasteiger partial charge on any atom is -0.478 e. The highest BCUT2D eigenvalue weighted by molar-refractivity contribution is 7.89. The third-order valence-electron chi connectivity index (χ3n) is 5.05. The molecule has 2 aromatic carbocycles. The first-order valence-electron chi connectivity index (χ1n) is 8.67. The van der Waals surface area contributed by atoms with E-state index in [1.54, 1.807) is 36.4 Å². The number of fused-ring (bicyclic) bond motifs is 1. The lowest BCUT2D eigenvalue weighted by Gasteiger charge is -2.41. The second-order valence-electron chi connectivity index (χ2n) is 7.78. The fourth-order valence-electron chi connectivity index (χ4n) is 3.56. The number of anilines is 1. The standard InChI is InChI=1S/C20H24N2O4S/c1-20(2)12-15-10-14(19(23)24)8-9-17(15)21-18(20)13-6-5-7-16(11-13)27(25,26)22(3)4/h5-11,18,21H,12H2,1-4H3,(H,23,24). The van der Waals surface area contributed by atoms with Crippen molar-refractivity contribution in [3.63, 3.8) is 0 Å². The number of hydrogen-bond donors (Lipinski definition) is 2. The van der Waals surface area contributed by atoms with Gasteiger partial charge in [-0.15, -0.1) is 0 Å². The molecular formula is C20H24N2O4S. The number of carboxylic acid groups (broad SMARTS) is 1. The van der Waals surface area contributed by atoms with Crippen molar-refractivity contribution in [1.82, 2.24) is 4.31 Å². The average molecular weight is 388 g/mol. The highest BCUT2D eigenvalue weighted by atomic mass is 32.2. The van der Waals surface area contributed by atoms with Crippen LogP contribution in [0.15, 0.2) is 47.4 Å². The van der Waals surface area contributed by atoms with Gasteiger partial charge in [0.05, 0.1) is 16.5 Å². The third kappa shape index (κ3) is 3.57. The molecule has 1 unspecified atom stereocenters. The van der Waals surface area contributed by atoms with Crippen molar-refractivity contribution < 1.29 is 18.3 Å². The van der Waals surface area contributed by atoms with Crippen LogP contribution >= 0.6 is 0 Å². The maximum absolute atomic E-state index is 12.5. The Kier molecular flexibility index (Phi) is 4.78. The van der Waals surface area contributed by atoms with E-state index in [1.807, 2.05) is 6.07 Å². The van der Waals surface area contributed by atoms with Crippen molar-refractivity contribution in [3.05, 3.63) is 59.2 Å². The molecule has 0 aliphatic carbocycles. The van der Waals surface area contributed by atoms with Crippen LogP contribution in [0.25, 0.3) is 0 Å². The smallest absolute Gasteiger partial charge is 0.335 e. The van der Waals surface area contributed by atoms with Gasteiger partial charge in [0, 0.05) is 19.8 Å². The van der Waals surface area contributed by atoms with Crippen LogP contribution in [0.3, 0.4) is 0 Å². The monoisotopic (exact) mass is 388 g/mol. The first-order chi connectivity index (χ1) is 12.5. The Morgan fingerprint density at radius 1 is 1.19 bits per heavy atom. The lowest BCUT2D eigenvalue weighted by molar-refractivity contribution is 0.0696. The SMILES string of the molecule is CN(C)S(=O)(=O)c1cccc(C2Nc3ccc(C(=O)O)cc3CC2(C)C)c1. The average Bonchev–Trinajstić information content (AvgIpc) is 2.59. The molecule has 3 rings (SSSR count). The number of sulfonamides is 1. The summed E-state index contributed by atoms with van der Waals surface area (Å²) in [4.78, 5) is 11.5. The van der Waals surface area contributed by atoms with Gasteiger partial charge in [0.1, 0.15) is 0 Å². The molecule has 0 radical (unpaired) electrons. The van der Waals surface area contributed by atoms with Crippen molar-refractivity contribution >= 4 is 21.7 Å². The Labute approximate surface area is 159 Å². The van der Waals surface area contributed by atoms with E-state index in [4.69, 9.17) is 0 Å². The zero-order chi connectivity index (χ0) is 20.0. The number of nitrogens with zero attached hydrogens (tertiary/aromatic N) is 1. The fraction of sp³-hybridized carbons (Fsp3) is 0.350. The number of carboxylic acids is 1. The summed E-state index contributed by atoms with van der Waals surface area (Å²) in [5.41, 5.74) is 2.75. The molecule has 0 aromatic heterocycles. The quantitative estimate of drug-likeness (QED) is 0.839. The maximum atomic E-state index is 12.5. The second-order valence-corrected chi connectivity index (χ2v) is 9.93. The third-order valence-corrected chi connectivity index (χ3v) is 6.86. The zero-order valence-corrected chi connectivity index (χ0v) is 16.7. The van der Waals surface area contributed by atoms with Crippen molar-refractivity contribution in [2.75, 3.05) is 19.4 Å². The lowest BCUT2D eigenvalue weighted by Crippen LogP contribution is -2.35. The molecule has 1 heterocycles. The van der Waals surface area contributed by atoms with E-state index in [-0.39, 0.29) is 21.9 Å². The van der Waals surface area contributed by atoms with Crippen molar-refractivity contribution in [2.24, 2.45) is 5.41 Å². The van der Waals surface area contributed by atoms with Crippen LogP contribution in [0.2, 0.25) is 0 Å². The summed E-state index contributed by atoms with van der Waals surface area (Å²) in [5.74, 6) is -0.945. The lowest BCUT2D eigenvalue weighted by atomic mass is 9.73. The van der Waals surface area contributed by atoms with Crippen LogP contribution in [0, 0.1) is 5.41 Å². The first kappa shape index (κ1) is 19.4. The summed E-state index contributed by atoms with van der Waals surface area (Å²) in [6.07, 6.45) is 0.686. The zero-order valence-electron chi connectivity index (χ0n) is 15.9. The molecule has 1 aliphatic rings. The summed E-state index contributed by atoms with van der Waals surface area (Å²) < 4.78 is 26.2. The molecule has 0 amide bonds. The van der Waals surface area contributed by atoms with Crippen LogP contribution in [0.5, 0.6) is 0 Å². The van der Waals surface area contributed by atoms with Crippen LogP contribution in [-0.4, -0.2) is 37.9 Å². The molecule has 0 saturated carbocycles. The van der Waals surface area contributed by atoms with Crippen LogP contribution in [0.1, 0.15) is 41.4 Å². The van der Waals surface area contributed by atoms with Gasteiger partial charge in [0.15, 0.2) is 0 Å². The van der Waals surface area contributed by atoms with Crippen LogP contribution in [-0.2, 0) is 16.4 Å². The number of carbonyl (C=O) groups is 1. The summed E-state index contributed by atoms with van der Waals surface area (Å²) in [5, 5.41) is 12.7. The molecule has 0 bridgehead atoms. The van der Waals surface area contributed by atoms with E-state index >= 15 is 0 Å². The van der Waals surface area contributed by atoms with Gasteiger partial charge in [-0.3, -0.25) is 0 Å². The predicted molar refractivity (Wildman–Crippen MR) is 105 cm³/mol. The van der Waals surface area contributed by atoms with E-state index in [1.165, 1.54) is 18.4 Å². The summed E-state index contributed by atoms with van der Waals surface area (Å²) in [6.45, 7) is 4.18. The summed E-state index contributed by atoms with van der Waals surface area (Å²) >= 11 is 0. The van der Waals surface area contributed by atoms with E-state index in [9.17, 15) is 18.3 Å². The minimum atomic E-state index is -3.51. The van der Waals surface area contributed by atoms with Gasteiger partial charge in [0.2, 0.25) is 10.0 Å². The fourth-order valence-corrected chi connectivity index (χ4v) is 4.51. The Morgan fingerprint density at radius 2 is 1.89 bits per heavy atom. The Bertz CT molecular complexity index is 997. The van der Waals surface area contributed by atoms with Gasteiger partial charge in [-0.1, -0.05) is 26.0 Å². The van der Waals surface area contributed by atoms with E-state index in [0.717, 1.165) is 16.8 Å². The largest absolute Gasteiger partial charge is 0.478 e. The van der Waals surface area contributed by atoms with Gasteiger partial charge in [-0.05, 0) is 53.3 Å². The molecule has 27 heavy (non-hydrogen) atoms. The number of aromatic carboxylic acids is 1. The van der Waals surface area contributed by atoms with Crippen molar-refractivity contribution in [1.29, 1.82) is 0 Å². The Hall–Kier alpha value is -2.38. The van der Waals surface area contributed by atoms with Crippen LogP contribution < -0.4 is 5.32 Å².